The molecule has 2 amide bonds. The maximum absolute atomic E-state index is 12.9. The minimum Gasteiger partial charge on any atom is -0.322 e. The number of anilines is 2. The largest absolute Gasteiger partial charge is 0.322 e. The molecule has 2 aromatic rings. The molecule has 1 aliphatic heterocycles. The van der Waals surface area contributed by atoms with Gasteiger partial charge in [-0.3, -0.25) is 9.59 Å². The number of carbonyl (C=O) groups excluding carboxylic acids is 2. The van der Waals surface area contributed by atoms with Crippen LogP contribution in [0.25, 0.3) is 0 Å². The average molecular weight is 333 g/mol. The molecule has 0 radical (unpaired) electrons. The zero-order valence-corrected chi connectivity index (χ0v) is 12.9. The van der Waals surface area contributed by atoms with Gasteiger partial charge in [0.15, 0.2) is 0 Å². The fraction of sp³-hybridized carbons (Fsp3) is 0.176. The van der Waals surface area contributed by atoms with Gasteiger partial charge in [-0.2, -0.15) is 0 Å². The molecule has 0 aliphatic carbocycles. The number of rotatable bonds is 3. The fourth-order valence-corrected chi connectivity index (χ4v) is 2.72. The van der Waals surface area contributed by atoms with Crippen LogP contribution < -0.4 is 10.2 Å². The smallest absolute Gasteiger partial charge is 0.255 e. The second-order valence-electron chi connectivity index (χ2n) is 5.28. The molecular weight excluding hydrogens is 319 g/mol. The van der Waals surface area contributed by atoms with E-state index in [1.807, 2.05) is 0 Å². The van der Waals surface area contributed by atoms with Gasteiger partial charge in [-0.15, -0.1) is 0 Å². The predicted molar refractivity (Wildman–Crippen MR) is 87.4 cm³/mol. The average Bonchev–Trinajstić information content (AvgIpc) is 2.96. The summed E-state index contributed by atoms with van der Waals surface area (Å²) in [5.74, 6) is -0.714. The number of hydrogen-bond donors (Lipinski definition) is 1. The Kier molecular flexibility index (Phi) is 4.30. The molecule has 0 spiro atoms. The van der Waals surface area contributed by atoms with Gasteiger partial charge in [0.2, 0.25) is 5.91 Å². The van der Waals surface area contributed by atoms with Crippen molar-refractivity contribution in [3.8, 4) is 0 Å². The zero-order chi connectivity index (χ0) is 16.4. The summed E-state index contributed by atoms with van der Waals surface area (Å²) in [6.45, 7) is 0.599. The van der Waals surface area contributed by atoms with Gasteiger partial charge >= 0.3 is 0 Å². The summed E-state index contributed by atoms with van der Waals surface area (Å²) in [6.07, 6.45) is 1.27. The maximum Gasteiger partial charge on any atom is 0.255 e. The monoisotopic (exact) mass is 332 g/mol. The number of amides is 2. The van der Waals surface area contributed by atoms with Crippen LogP contribution in [0.5, 0.6) is 0 Å². The minimum atomic E-state index is -0.371. The lowest BCUT2D eigenvalue weighted by Gasteiger charge is -2.18. The summed E-state index contributed by atoms with van der Waals surface area (Å²) in [5, 5.41) is 3.11. The van der Waals surface area contributed by atoms with Crippen LogP contribution in [0.4, 0.5) is 15.8 Å². The molecule has 2 aromatic carbocycles. The zero-order valence-electron chi connectivity index (χ0n) is 12.2. The highest BCUT2D eigenvalue weighted by molar-refractivity contribution is 6.34. The van der Waals surface area contributed by atoms with Crippen molar-refractivity contribution >= 4 is 34.8 Å². The van der Waals surface area contributed by atoms with E-state index in [1.165, 1.54) is 24.3 Å². The molecule has 3 rings (SSSR count). The molecule has 1 saturated heterocycles. The summed E-state index contributed by atoms with van der Waals surface area (Å²) in [5.41, 5.74) is 1.42. The molecule has 0 bridgehead atoms. The molecule has 118 valence electrons. The van der Waals surface area contributed by atoms with Crippen molar-refractivity contribution in [1.29, 1.82) is 0 Å². The number of benzene rings is 2. The van der Waals surface area contributed by atoms with Crippen LogP contribution >= 0.6 is 11.6 Å². The Morgan fingerprint density at radius 2 is 1.91 bits per heavy atom. The molecule has 0 atom stereocenters. The first-order valence-corrected chi connectivity index (χ1v) is 7.59. The van der Waals surface area contributed by atoms with Gasteiger partial charge in [-0.1, -0.05) is 11.6 Å². The first kappa shape index (κ1) is 15.5. The number of carbonyl (C=O) groups is 2. The van der Waals surface area contributed by atoms with Crippen molar-refractivity contribution in [3.63, 3.8) is 0 Å². The highest BCUT2D eigenvalue weighted by Crippen LogP contribution is 2.30. The van der Waals surface area contributed by atoms with Crippen molar-refractivity contribution < 1.29 is 14.0 Å². The van der Waals surface area contributed by atoms with E-state index in [0.29, 0.717) is 34.9 Å². The first-order chi connectivity index (χ1) is 11.0. The van der Waals surface area contributed by atoms with Crippen LogP contribution in [0.1, 0.15) is 23.2 Å². The second-order valence-corrected chi connectivity index (χ2v) is 5.68. The third-order valence-corrected chi connectivity index (χ3v) is 3.99. The van der Waals surface area contributed by atoms with Gasteiger partial charge in [0.25, 0.3) is 5.91 Å². The van der Waals surface area contributed by atoms with E-state index in [2.05, 4.69) is 5.32 Å². The third kappa shape index (κ3) is 3.35. The molecule has 1 aliphatic rings. The highest BCUT2D eigenvalue weighted by atomic mass is 35.5. The number of hydrogen-bond acceptors (Lipinski definition) is 2. The maximum atomic E-state index is 12.9. The Hall–Kier alpha value is -2.40. The lowest BCUT2D eigenvalue weighted by molar-refractivity contribution is -0.117. The van der Waals surface area contributed by atoms with Gasteiger partial charge < -0.3 is 10.2 Å². The van der Waals surface area contributed by atoms with E-state index >= 15 is 0 Å². The van der Waals surface area contributed by atoms with Crippen molar-refractivity contribution in [1.82, 2.24) is 0 Å². The molecule has 6 heteroatoms. The predicted octanol–water partition coefficient (Wildman–Crippen LogP) is 3.86. The SMILES string of the molecule is O=C(Nc1ccc(F)cc1)c1ccc(Cl)c(N2CCCC2=O)c1. The second kappa shape index (κ2) is 6.38. The number of halogens is 2. The van der Waals surface area contributed by atoms with Crippen LogP contribution in [-0.2, 0) is 4.79 Å². The number of nitrogens with zero attached hydrogens (tertiary/aromatic N) is 1. The molecular formula is C17H14ClFN2O2. The van der Waals surface area contributed by atoms with Crippen molar-refractivity contribution in [2.45, 2.75) is 12.8 Å². The van der Waals surface area contributed by atoms with E-state index in [0.717, 1.165) is 6.42 Å². The molecule has 0 aromatic heterocycles. The molecule has 1 heterocycles. The van der Waals surface area contributed by atoms with Gasteiger partial charge in [-0.25, -0.2) is 4.39 Å². The minimum absolute atomic E-state index is 0.00277. The van der Waals surface area contributed by atoms with E-state index < -0.39 is 0 Å². The Morgan fingerprint density at radius 1 is 1.17 bits per heavy atom. The summed E-state index contributed by atoms with van der Waals surface area (Å²) >= 11 is 6.16. The van der Waals surface area contributed by atoms with Crippen LogP contribution in [0.3, 0.4) is 0 Å². The summed E-state index contributed by atoms with van der Waals surface area (Å²) in [7, 11) is 0. The molecule has 0 saturated carbocycles. The van der Waals surface area contributed by atoms with E-state index in [4.69, 9.17) is 11.6 Å². The summed E-state index contributed by atoms with van der Waals surface area (Å²) in [6, 6.07) is 10.3. The summed E-state index contributed by atoms with van der Waals surface area (Å²) < 4.78 is 12.9. The molecule has 4 nitrogen and oxygen atoms in total. The molecule has 1 N–H and O–H groups in total. The third-order valence-electron chi connectivity index (χ3n) is 3.67. The topological polar surface area (TPSA) is 49.4 Å². The van der Waals surface area contributed by atoms with Crippen molar-refractivity contribution in [2.75, 3.05) is 16.8 Å². The van der Waals surface area contributed by atoms with Gasteiger partial charge in [-0.05, 0) is 48.9 Å². The molecule has 0 unspecified atom stereocenters. The Balaban J connectivity index is 1.83. The normalized spacial score (nSPS) is 14.2. The Bertz CT molecular complexity index is 762. The quantitative estimate of drug-likeness (QED) is 0.928. The van der Waals surface area contributed by atoms with Gasteiger partial charge in [0, 0.05) is 24.2 Å². The Labute approximate surface area is 137 Å². The molecule has 23 heavy (non-hydrogen) atoms. The van der Waals surface area contributed by atoms with Crippen molar-refractivity contribution in [2.24, 2.45) is 0 Å². The van der Waals surface area contributed by atoms with Gasteiger partial charge in [0.05, 0.1) is 10.7 Å². The van der Waals surface area contributed by atoms with E-state index in [1.54, 1.807) is 23.1 Å². The number of nitrogens with one attached hydrogen (secondary N) is 1. The van der Waals surface area contributed by atoms with Crippen LogP contribution in [0.2, 0.25) is 5.02 Å². The highest BCUT2D eigenvalue weighted by Gasteiger charge is 2.24. The Morgan fingerprint density at radius 3 is 2.57 bits per heavy atom. The van der Waals surface area contributed by atoms with Crippen molar-refractivity contribution in [3.05, 3.63) is 58.9 Å². The van der Waals surface area contributed by atoms with Crippen LogP contribution in [0.15, 0.2) is 42.5 Å². The van der Waals surface area contributed by atoms with E-state index in [-0.39, 0.29) is 17.6 Å². The standard InChI is InChI=1S/C17H14ClFN2O2/c18-14-8-3-11(10-15(14)21-9-1-2-16(21)22)17(23)20-13-6-4-12(19)5-7-13/h3-8,10H,1-2,9H2,(H,20,23). The summed E-state index contributed by atoms with van der Waals surface area (Å²) in [4.78, 5) is 25.8. The van der Waals surface area contributed by atoms with Crippen LogP contribution in [-0.4, -0.2) is 18.4 Å². The van der Waals surface area contributed by atoms with Gasteiger partial charge in [0.1, 0.15) is 5.82 Å². The lowest BCUT2D eigenvalue weighted by atomic mass is 10.1. The fourth-order valence-electron chi connectivity index (χ4n) is 2.50. The lowest BCUT2D eigenvalue weighted by Crippen LogP contribution is -2.24. The van der Waals surface area contributed by atoms with E-state index in [9.17, 15) is 14.0 Å². The van der Waals surface area contributed by atoms with Crippen LogP contribution in [0, 0.1) is 5.82 Å². The first-order valence-electron chi connectivity index (χ1n) is 7.21. The molecule has 1 fully saturated rings.